The Morgan fingerprint density at radius 3 is 2.56 bits per heavy atom. The van der Waals surface area contributed by atoms with Crippen LogP contribution in [0.25, 0.3) is 0 Å². The number of aryl methyl sites for hydroxylation is 1. The van der Waals surface area contributed by atoms with Crippen molar-refractivity contribution in [2.45, 2.75) is 33.5 Å². The molecule has 2 N–H and O–H groups in total. The van der Waals surface area contributed by atoms with Crippen molar-refractivity contribution in [1.82, 2.24) is 20.2 Å². The molecule has 0 aliphatic carbocycles. The summed E-state index contributed by atoms with van der Waals surface area (Å²) in [5, 5.41) is 6.69. The lowest BCUT2D eigenvalue weighted by Crippen LogP contribution is -2.36. The monoisotopic (exact) mass is 549 g/mol. The third kappa shape index (κ3) is 7.15. The highest BCUT2D eigenvalue weighted by atomic mass is 127. The van der Waals surface area contributed by atoms with Crippen LogP contribution in [0.4, 0.5) is 0 Å². The Hall–Kier alpha value is -2.75. The number of halogens is 1. The van der Waals surface area contributed by atoms with Gasteiger partial charge in [-0.05, 0) is 37.1 Å². The molecule has 0 radical (unpaired) electrons. The second-order valence-electron chi connectivity index (χ2n) is 7.15. The minimum absolute atomic E-state index is 0. The van der Waals surface area contributed by atoms with Crippen molar-refractivity contribution in [2.24, 2.45) is 4.99 Å². The minimum atomic E-state index is 0. The maximum Gasteiger partial charge on any atom is 0.191 e. The highest BCUT2D eigenvalue weighted by molar-refractivity contribution is 14.0. The molecule has 0 saturated carbocycles. The van der Waals surface area contributed by atoms with Gasteiger partial charge in [-0.15, -0.1) is 24.0 Å². The lowest BCUT2D eigenvalue weighted by Gasteiger charge is -2.14. The molecule has 32 heavy (non-hydrogen) atoms. The number of methoxy groups -OCH3 is 2. The zero-order valence-electron chi connectivity index (χ0n) is 19.1. The van der Waals surface area contributed by atoms with E-state index >= 15 is 0 Å². The standard InChI is InChI=1S/C24H31N5O2.HI/c1-5-25-24(28-16-21-9-10-22(30-3)14-23(21)31-4)27-15-19-7-6-8-20(13-19)17-29-12-11-26-18(29)2;/h6-14H,5,15-17H2,1-4H3,(H2,25,27,28);1H. The second-order valence-corrected chi connectivity index (χ2v) is 7.15. The summed E-state index contributed by atoms with van der Waals surface area (Å²) in [7, 11) is 3.31. The fourth-order valence-electron chi connectivity index (χ4n) is 3.28. The van der Waals surface area contributed by atoms with Crippen molar-refractivity contribution in [3.05, 3.63) is 77.4 Å². The molecular weight excluding hydrogens is 517 g/mol. The van der Waals surface area contributed by atoms with Crippen LogP contribution >= 0.6 is 24.0 Å². The average molecular weight is 549 g/mol. The van der Waals surface area contributed by atoms with E-state index in [1.165, 1.54) is 5.56 Å². The van der Waals surface area contributed by atoms with Crippen LogP contribution in [0.1, 0.15) is 29.4 Å². The molecule has 0 amide bonds. The predicted molar refractivity (Wildman–Crippen MR) is 139 cm³/mol. The van der Waals surface area contributed by atoms with E-state index in [9.17, 15) is 0 Å². The third-order valence-corrected chi connectivity index (χ3v) is 4.97. The molecule has 0 spiro atoms. The summed E-state index contributed by atoms with van der Waals surface area (Å²) < 4.78 is 12.9. The van der Waals surface area contributed by atoms with Crippen LogP contribution in [0.3, 0.4) is 0 Å². The molecule has 0 aliphatic heterocycles. The van der Waals surface area contributed by atoms with Gasteiger partial charge >= 0.3 is 0 Å². The van der Waals surface area contributed by atoms with Gasteiger partial charge in [0.05, 0.1) is 20.8 Å². The number of benzene rings is 2. The Labute approximate surface area is 207 Å². The Kier molecular flexibility index (Phi) is 10.3. The smallest absolute Gasteiger partial charge is 0.191 e. The number of imidazole rings is 1. The van der Waals surface area contributed by atoms with Gasteiger partial charge in [0, 0.05) is 43.7 Å². The summed E-state index contributed by atoms with van der Waals surface area (Å²) in [6, 6.07) is 14.3. The Bertz CT molecular complexity index is 1020. The van der Waals surface area contributed by atoms with Crippen molar-refractivity contribution < 1.29 is 9.47 Å². The molecule has 0 atom stereocenters. The van der Waals surface area contributed by atoms with Crippen LogP contribution in [0, 0.1) is 6.92 Å². The molecule has 3 aromatic rings. The van der Waals surface area contributed by atoms with Gasteiger partial charge in [-0.25, -0.2) is 9.98 Å². The molecule has 0 unspecified atom stereocenters. The number of aliphatic imine (C=N–C) groups is 1. The van der Waals surface area contributed by atoms with Crippen molar-refractivity contribution in [3.63, 3.8) is 0 Å². The molecule has 3 rings (SSSR count). The van der Waals surface area contributed by atoms with Gasteiger partial charge < -0.3 is 24.7 Å². The molecular formula is C24H32IN5O2. The largest absolute Gasteiger partial charge is 0.497 e. The number of hydrogen-bond acceptors (Lipinski definition) is 4. The van der Waals surface area contributed by atoms with Gasteiger partial charge in [-0.1, -0.05) is 24.3 Å². The topological polar surface area (TPSA) is 72.7 Å². The van der Waals surface area contributed by atoms with Crippen molar-refractivity contribution in [1.29, 1.82) is 0 Å². The van der Waals surface area contributed by atoms with Crippen LogP contribution in [0.15, 0.2) is 59.9 Å². The maximum absolute atomic E-state index is 5.49. The SMILES string of the molecule is CCNC(=NCc1cccc(Cn2ccnc2C)c1)NCc1ccc(OC)cc1OC.I. The molecule has 1 heterocycles. The van der Waals surface area contributed by atoms with Gasteiger partial charge in [0.15, 0.2) is 5.96 Å². The quantitative estimate of drug-likeness (QED) is 0.239. The van der Waals surface area contributed by atoms with Crippen LogP contribution in [-0.4, -0.2) is 36.3 Å². The van der Waals surface area contributed by atoms with Gasteiger partial charge in [0.1, 0.15) is 17.3 Å². The Morgan fingerprint density at radius 1 is 1.06 bits per heavy atom. The van der Waals surface area contributed by atoms with E-state index in [4.69, 9.17) is 14.5 Å². The summed E-state index contributed by atoms with van der Waals surface area (Å²) in [4.78, 5) is 9.04. The van der Waals surface area contributed by atoms with Gasteiger partial charge in [0.2, 0.25) is 0 Å². The number of rotatable bonds is 9. The van der Waals surface area contributed by atoms with Crippen LogP contribution in [-0.2, 0) is 19.6 Å². The molecule has 172 valence electrons. The van der Waals surface area contributed by atoms with Crippen molar-refractivity contribution in [2.75, 3.05) is 20.8 Å². The predicted octanol–water partition coefficient (Wildman–Crippen LogP) is 4.13. The van der Waals surface area contributed by atoms with Crippen LogP contribution in [0.5, 0.6) is 11.5 Å². The van der Waals surface area contributed by atoms with E-state index in [1.807, 2.05) is 37.5 Å². The molecule has 2 aromatic carbocycles. The minimum Gasteiger partial charge on any atom is -0.497 e. The fourth-order valence-corrected chi connectivity index (χ4v) is 3.28. The van der Waals surface area contributed by atoms with E-state index in [0.717, 1.165) is 47.5 Å². The number of nitrogens with zero attached hydrogens (tertiary/aromatic N) is 3. The second kappa shape index (κ2) is 12.9. The van der Waals surface area contributed by atoms with Crippen molar-refractivity contribution >= 4 is 29.9 Å². The third-order valence-electron chi connectivity index (χ3n) is 4.97. The molecule has 1 aromatic heterocycles. The van der Waals surface area contributed by atoms with Gasteiger partial charge in [-0.3, -0.25) is 0 Å². The first-order chi connectivity index (χ1) is 15.1. The number of aromatic nitrogens is 2. The number of hydrogen-bond donors (Lipinski definition) is 2. The lowest BCUT2D eigenvalue weighted by atomic mass is 10.1. The first-order valence-electron chi connectivity index (χ1n) is 10.4. The summed E-state index contributed by atoms with van der Waals surface area (Å²) in [5.74, 6) is 3.32. The molecule has 0 fully saturated rings. The average Bonchev–Trinajstić information content (AvgIpc) is 3.20. The van der Waals surface area contributed by atoms with E-state index in [2.05, 4.69) is 51.4 Å². The van der Waals surface area contributed by atoms with E-state index in [1.54, 1.807) is 14.2 Å². The van der Waals surface area contributed by atoms with Gasteiger partial charge in [-0.2, -0.15) is 0 Å². The number of guanidine groups is 1. The van der Waals surface area contributed by atoms with Gasteiger partial charge in [0.25, 0.3) is 0 Å². The first kappa shape index (κ1) is 25.5. The van der Waals surface area contributed by atoms with E-state index < -0.39 is 0 Å². The lowest BCUT2D eigenvalue weighted by molar-refractivity contribution is 0.390. The summed E-state index contributed by atoms with van der Waals surface area (Å²) in [6.45, 7) is 6.84. The zero-order chi connectivity index (χ0) is 22.1. The molecule has 0 aliphatic rings. The fraction of sp³-hybridized carbons (Fsp3) is 0.333. The maximum atomic E-state index is 5.49. The summed E-state index contributed by atoms with van der Waals surface area (Å²) in [5.41, 5.74) is 3.43. The summed E-state index contributed by atoms with van der Waals surface area (Å²) >= 11 is 0. The molecule has 0 saturated heterocycles. The van der Waals surface area contributed by atoms with Crippen LogP contribution < -0.4 is 20.1 Å². The zero-order valence-corrected chi connectivity index (χ0v) is 21.4. The molecule has 8 heteroatoms. The van der Waals surface area contributed by atoms with Crippen molar-refractivity contribution in [3.8, 4) is 11.5 Å². The van der Waals surface area contributed by atoms with E-state index in [-0.39, 0.29) is 24.0 Å². The number of nitrogens with one attached hydrogen (secondary N) is 2. The summed E-state index contributed by atoms with van der Waals surface area (Å²) in [6.07, 6.45) is 3.83. The molecule has 0 bridgehead atoms. The van der Waals surface area contributed by atoms with E-state index in [0.29, 0.717) is 13.1 Å². The highest BCUT2D eigenvalue weighted by Gasteiger charge is 2.07. The highest BCUT2D eigenvalue weighted by Crippen LogP contribution is 2.24. The molecule has 7 nitrogen and oxygen atoms in total. The first-order valence-corrected chi connectivity index (χ1v) is 10.4. The Balaban J connectivity index is 0.00000363. The normalized spacial score (nSPS) is 10.9. The number of ether oxygens (including phenoxy) is 2. The van der Waals surface area contributed by atoms with Crippen LogP contribution in [0.2, 0.25) is 0 Å². The Morgan fingerprint density at radius 2 is 1.88 bits per heavy atom.